The first kappa shape index (κ1) is 22.8. The van der Waals surface area contributed by atoms with Gasteiger partial charge in [-0.2, -0.15) is 0 Å². The first-order chi connectivity index (χ1) is 12.2. The van der Waals surface area contributed by atoms with Gasteiger partial charge in [-0.25, -0.2) is 5.48 Å². The highest BCUT2D eigenvalue weighted by molar-refractivity contribution is 5.92. The molecule has 0 bridgehead atoms. The monoisotopic (exact) mass is 354 g/mol. The van der Waals surface area contributed by atoms with Crippen LogP contribution in [0.1, 0.15) is 33.6 Å². The summed E-state index contributed by atoms with van der Waals surface area (Å²) in [6.07, 6.45) is 4.51. The Labute approximate surface area is 154 Å². The van der Waals surface area contributed by atoms with Gasteiger partial charge in [-0.15, -0.1) is 6.42 Å². The first-order valence-corrected chi connectivity index (χ1v) is 7.80. The lowest BCUT2D eigenvalue weighted by Gasteiger charge is -2.29. The number of Topliss-reactive ketones (excluding diaryl/α,β-unsaturated/α-hetero) is 1. The van der Waals surface area contributed by atoms with Gasteiger partial charge in [0.05, 0.1) is 5.92 Å². The molecule has 0 aliphatic carbocycles. The Hall–Kier alpha value is -3.19. The van der Waals surface area contributed by atoms with Crippen LogP contribution in [0.2, 0.25) is 0 Å². The van der Waals surface area contributed by atoms with Gasteiger partial charge in [-0.05, 0) is 40.9 Å². The molecule has 3 N–H and O–H groups in total. The molecule has 26 heavy (non-hydrogen) atoms. The van der Waals surface area contributed by atoms with E-state index in [1.807, 2.05) is 20.8 Å². The van der Waals surface area contributed by atoms with E-state index >= 15 is 0 Å². The van der Waals surface area contributed by atoms with Crippen molar-refractivity contribution >= 4 is 17.6 Å². The van der Waals surface area contributed by atoms with Crippen LogP contribution in [0.15, 0.2) is 0 Å². The van der Waals surface area contributed by atoms with E-state index < -0.39 is 23.2 Å². The standard InChI is InChI=1S/C20H22N2O4/c1-6-7-8-9-10-11-12-15(13-18(24)22-26)17(23)14-16(19(25)21-5)20(2,3)4/h1,15-16,26H,13-14H2,2-5H3,(H,21,25)(H,22,24)/t15-,16-/m1/s1. The molecule has 2 atom stereocenters. The quantitative estimate of drug-likeness (QED) is 0.368. The molecule has 0 aromatic rings. The molecule has 0 spiro atoms. The van der Waals surface area contributed by atoms with E-state index in [-0.39, 0.29) is 24.5 Å². The second-order valence-corrected chi connectivity index (χ2v) is 6.41. The molecule has 0 aromatic heterocycles. The molecule has 0 rings (SSSR count). The third kappa shape index (κ3) is 8.60. The van der Waals surface area contributed by atoms with Crippen LogP contribution in [0.5, 0.6) is 0 Å². The number of hydroxylamine groups is 1. The van der Waals surface area contributed by atoms with E-state index in [2.05, 4.69) is 46.8 Å². The van der Waals surface area contributed by atoms with Crippen molar-refractivity contribution < 1.29 is 19.6 Å². The van der Waals surface area contributed by atoms with Crippen molar-refractivity contribution in [3.8, 4) is 47.9 Å². The maximum absolute atomic E-state index is 12.6. The molecule has 0 aromatic carbocycles. The summed E-state index contributed by atoms with van der Waals surface area (Å²) >= 11 is 0. The average Bonchev–Trinajstić information content (AvgIpc) is 2.59. The van der Waals surface area contributed by atoms with Crippen molar-refractivity contribution in [1.82, 2.24) is 10.8 Å². The fraction of sp³-hybridized carbons (Fsp3) is 0.450. The highest BCUT2D eigenvalue weighted by Gasteiger charge is 2.34. The van der Waals surface area contributed by atoms with Crippen LogP contribution < -0.4 is 10.8 Å². The maximum Gasteiger partial charge on any atom is 0.245 e. The summed E-state index contributed by atoms with van der Waals surface area (Å²) in [5.74, 6) is 13.5. The average molecular weight is 354 g/mol. The fourth-order valence-electron chi connectivity index (χ4n) is 2.04. The minimum Gasteiger partial charge on any atom is -0.359 e. The van der Waals surface area contributed by atoms with Crippen LogP contribution in [0, 0.1) is 65.1 Å². The van der Waals surface area contributed by atoms with Crippen molar-refractivity contribution in [3.05, 3.63) is 0 Å². The van der Waals surface area contributed by atoms with Gasteiger partial charge < -0.3 is 5.32 Å². The SMILES string of the molecule is C#CC#CC#CC#C[C@H](CC(=O)NO)C(=O)C[C@H](C(=O)NC)C(C)(C)C. The molecule has 0 aliphatic rings. The molecule has 0 aliphatic heterocycles. The Morgan fingerprint density at radius 1 is 1.04 bits per heavy atom. The van der Waals surface area contributed by atoms with E-state index in [0.717, 1.165) is 0 Å². The smallest absolute Gasteiger partial charge is 0.245 e. The van der Waals surface area contributed by atoms with Crippen LogP contribution in [0.25, 0.3) is 0 Å². The van der Waals surface area contributed by atoms with Gasteiger partial charge in [0.15, 0.2) is 0 Å². The number of ketones is 1. The Kier molecular flexibility index (Phi) is 9.98. The minimum absolute atomic E-state index is 0.0917. The van der Waals surface area contributed by atoms with Crippen molar-refractivity contribution in [1.29, 1.82) is 0 Å². The predicted octanol–water partition coefficient (Wildman–Crippen LogP) is 0.509. The third-order valence-electron chi connectivity index (χ3n) is 3.49. The van der Waals surface area contributed by atoms with E-state index in [0.29, 0.717) is 0 Å². The lowest BCUT2D eigenvalue weighted by molar-refractivity contribution is -0.135. The largest absolute Gasteiger partial charge is 0.359 e. The zero-order valence-corrected chi connectivity index (χ0v) is 15.3. The molecule has 0 saturated heterocycles. The van der Waals surface area contributed by atoms with Crippen LogP contribution in [0.3, 0.4) is 0 Å². The molecule has 2 amide bonds. The van der Waals surface area contributed by atoms with Gasteiger partial charge in [0, 0.05) is 25.8 Å². The van der Waals surface area contributed by atoms with Gasteiger partial charge >= 0.3 is 0 Å². The molecule has 0 heterocycles. The predicted molar refractivity (Wildman–Crippen MR) is 96.8 cm³/mol. The number of rotatable bonds is 6. The van der Waals surface area contributed by atoms with Crippen LogP contribution in [-0.4, -0.2) is 29.9 Å². The second-order valence-electron chi connectivity index (χ2n) is 6.41. The van der Waals surface area contributed by atoms with Crippen LogP contribution in [0.4, 0.5) is 0 Å². The van der Waals surface area contributed by atoms with Crippen LogP contribution in [-0.2, 0) is 14.4 Å². The van der Waals surface area contributed by atoms with Crippen molar-refractivity contribution in [2.75, 3.05) is 7.05 Å². The number of amides is 2. The van der Waals surface area contributed by atoms with Gasteiger partial charge in [-0.1, -0.05) is 26.7 Å². The summed E-state index contributed by atoms with van der Waals surface area (Å²) in [6.45, 7) is 5.53. The van der Waals surface area contributed by atoms with E-state index in [9.17, 15) is 14.4 Å². The highest BCUT2D eigenvalue weighted by atomic mass is 16.5. The number of nitrogens with one attached hydrogen (secondary N) is 2. The zero-order valence-electron chi connectivity index (χ0n) is 15.3. The molecular weight excluding hydrogens is 332 g/mol. The van der Waals surface area contributed by atoms with Crippen molar-refractivity contribution in [2.45, 2.75) is 33.6 Å². The minimum atomic E-state index is -1.01. The summed E-state index contributed by atoms with van der Waals surface area (Å²) in [7, 11) is 1.49. The summed E-state index contributed by atoms with van der Waals surface area (Å²) in [4.78, 5) is 36.1. The Balaban J connectivity index is 5.47. The normalized spacial score (nSPS) is 11.5. The Morgan fingerprint density at radius 2 is 1.62 bits per heavy atom. The molecule has 0 saturated carbocycles. The third-order valence-corrected chi connectivity index (χ3v) is 3.49. The van der Waals surface area contributed by atoms with Gasteiger partial charge in [-0.3, -0.25) is 19.6 Å². The van der Waals surface area contributed by atoms with Gasteiger partial charge in [0.2, 0.25) is 11.8 Å². The number of terminal acetylenes is 1. The molecule has 136 valence electrons. The van der Waals surface area contributed by atoms with Crippen molar-refractivity contribution in [3.63, 3.8) is 0 Å². The molecule has 0 unspecified atom stereocenters. The van der Waals surface area contributed by atoms with E-state index in [4.69, 9.17) is 11.6 Å². The summed E-state index contributed by atoms with van der Waals surface area (Å²) in [6, 6.07) is 0. The zero-order chi connectivity index (χ0) is 20.2. The summed E-state index contributed by atoms with van der Waals surface area (Å²) < 4.78 is 0. The molecular formula is C20H22N2O4. The van der Waals surface area contributed by atoms with Crippen LogP contribution >= 0.6 is 0 Å². The molecule has 6 nitrogen and oxygen atoms in total. The van der Waals surface area contributed by atoms with Gasteiger partial charge in [0.1, 0.15) is 5.78 Å². The summed E-state index contributed by atoms with van der Waals surface area (Å²) in [5, 5.41) is 11.2. The number of carbonyl (C=O) groups is 3. The van der Waals surface area contributed by atoms with E-state index in [1.165, 1.54) is 12.5 Å². The lowest BCUT2D eigenvalue weighted by atomic mass is 9.75. The topological polar surface area (TPSA) is 95.5 Å². The fourth-order valence-corrected chi connectivity index (χ4v) is 2.04. The Morgan fingerprint density at radius 3 is 2.12 bits per heavy atom. The second kappa shape index (κ2) is 11.4. The number of hydrogen-bond acceptors (Lipinski definition) is 4. The lowest BCUT2D eigenvalue weighted by Crippen LogP contribution is -2.38. The molecule has 6 heteroatoms. The number of hydrogen-bond donors (Lipinski definition) is 3. The maximum atomic E-state index is 12.6. The first-order valence-electron chi connectivity index (χ1n) is 7.80. The van der Waals surface area contributed by atoms with E-state index in [1.54, 1.807) is 0 Å². The Bertz CT molecular complexity index is 765. The molecule has 0 fully saturated rings. The van der Waals surface area contributed by atoms with Gasteiger partial charge in [0.25, 0.3) is 0 Å². The summed E-state index contributed by atoms with van der Waals surface area (Å²) in [5.41, 5.74) is 1.01. The highest BCUT2D eigenvalue weighted by Crippen LogP contribution is 2.30. The number of carbonyl (C=O) groups excluding carboxylic acids is 3. The molecule has 0 radical (unpaired) electrons. The van der Waals surface area contributed by atoms with Crippen molar-refractivity contribution in [2.24, 2.45) is 17.3 Å².